The highest BCUT2D eigenvalue weighted by atomic mass is 16.5. The lowest BCUT2D eigenvalue weighted by Crippen LogP contribution is -2.14. The van der Waals surface area contributed by atoms with Crippen molar-refractivity contribution >= 4 is 11.9 Å². The number of rotatable bonds is 2. The quantitative estimate of drug-likeness (QED) is 0.792. The number of phenols is 1. The molecule has 0 atom stereocenters. The summed E-state index contributed by atoms with van der Waals surface area (Å²) in [4.78, 5) is 23.2. The van der Waals surface area contributed by atoms with Gasteiger partial charge in [0.2, 0.25) is 0 Å². The van der Waals surface area contributed by atoms with Gasteiger partial charge in [0.15, 0.2) is 0 Å². The fourth-order valence-electron chi connectivity index (χ4n) is 1.56. The van der Waals surface area contributed by atoms with Gasteiger partial charge in [0.05, 0.1) is 19.8 Å². The SMILES string of the molecule is COC(=O)c1c(O)cc(C)c(C)c1C(=O)OC. The molecule has 0 amide bonds. The number of carbonyl (C=O) groups is 2. The molecule has 0 aliphatic carbocycles. The highest BCUT2D eigenvalue weighted by Crippen LogP contribution is 2.28. The van der Waals surface area contributed by atoms with E-state index in [0.717, 1.165) is 0 Å². The molecule has 0 fully saturated rings. The molecule has 0 aliphatic heterocycles. The van der Waals surface area contributed by atoms with Crippen LogP contribution < -0.4 is 0 Å². The first-order valence-electron chi connectivity index (χ1n) is 4.93. The zero-order chi connectivity index (χ0) is 13.2. The second-order valence-electron chi connectivity index (χ2n) is 3.57. The Morgan fingerprint density at radius 2 is 1.53 bits per heavy atom. The number of aromatic hydroxyl groups is 1. The van der Waals surface area contributed by atoms with Gasteiger partial charge >= 0.3 is 11.9 Å². The Hall–Kier alpha value is -2.04. The number of hydrogen-bond acceptors (Lipinski definition) is 5. The van der Waals surface area contributed by atoms with Gasteiger partial charge in [-0.3, -0.25) is 0 Å². The predicted octanol–water partition coefficient (Wildman–Crippen LogP) is 1.58. The molecule has 0 aromatic heterocycles. The van der Waals surface area contributed by atoms with E-state index in [-0.39, 0.29) is 16.9 Å². The molecule has 5 heteroatoms. The van der Waals surface area contributed by atoms with Gasteiger partial charge in [0, 0.05) is 0 Å². The van der Waals surface area contributed by atoms with Crippen LogP contribution in [0.3, 0.4) is 0 Å². The number of esters is 2. The molecule has 0 aliphatic rings. The van der Waals surface area contributed by atoms with Crippen molar-refractivity contribution in [2.75, 3.05) is 14.2 Å². The zero-order valence-electron chi connectivity index (χ0n) is 10.2. The molecule has 0 saturated carbocycles. The fourth-order valence-corrected chi connectivity index (χ4v) is 1.56. The first-order chi connectivity index (χ1) is 7.93. The van der Waals surface area contributed by atoms with Gasteiger partial charge in [0.25, 0.3) is 0 Å². The average molecular weight is 238 g/mol. The molecule has 92 valence electrons. The van der Waals surface area contributed by atoms with Crippen LogP contribution in [0.1, 0.15) is 31.8 Å². The number of benzene rings is 1. The van der Waals surface area contributed by atoms with Crippen LogP contribution in [0.25, 0.3) is 0 Å². The van der Waals surface area contributed by atoms with Gasteiger partial charge in [-0.15, -0.1) is 0 Å². The number of ether oxygens (including phenoxy) is 2. The normalized spacial score (nSPS) is 9.88. The largest absolute Gasteiger partial charge is 0.507 e. The molecule has 0 spiro atoms. The predicted molar refractivity (Wildman–Crippen MR) is 60.3 cm³/mol. The third-order valence-corrected chi connectivity index (χ3v) is 2.60. The van der Waals surface area contributed by atoms with Crippen LogP contribution in [0, 0.1) is 13.8 Å². The van der Waals surface area contributed by atoms with Gasteiger partial charge in [-0.2, -0.15) is 0 Å². The first-order valence-corrected chi connectivity index (χ1v) is 4.93. The van der Waals surface area contributed by atoms with Crippen LogP contribution in [0.15, 0.2) is 6.07 Å². The number of aryl methyl sites for hydroxylation is 1. The molecule has 1 aromatic rings. The maximum Gasteiger partial charge on any atom is 0.342 e. The second kappa shape index (κ2) is 4.86. The Balaban J connectivity index is 3.61. The molecule has 0 saturated heterocycles. The minimum absolute atomic E-state index is 0.0388. The number of methoxy groups -OCH3 is 2. The average Bonchev–Trinajstić information content (AvgIpc) is 2.31. The maximum absolute atomic E-state index is 11.6. The van der Waals surface area contributed by atoms with Gasteiger partial charge < -0.3 is 14.6 Å². The lowest BCUT2D eigenvalue weighted by Gasteiger charge is -2.13. The van der Waals surface area contributed by atoms with Crippen molar-refractivity contribution in [3.05, 3.63) is 28.3 Å². The smallest absolute Gasteiger partial charge is 0.342 e. The molecule has 1 rings (SSSR count). The molecule has 5 nitrogen and oxygen atoms in total. The molecule has 0 unspecified atom stereocenters. The maximum atomic E-state index is 11.6. The summed E-state index contributed by atoms with van der Waals surface area (Å²) in [5, 5.41) is 9.73. The summed E-state index contributed by atoms with van der Waals surface area (Å²) in [7, 11) is 2.39. The van der Waals surface area contributed by atoms with E-state index in [0.29, 0.717) is 11.1 Å². The van der Waals surface area contributed by atoms with E-state index in [1.165, 1.54) is 20.3 Å². The van der Waals surface area contributed by atoms with Gasteiger partial charge in [-0.05, 0) is 31.0 Å². The van der Waals surface area contributed by atoms with Gasteiger partial charge in [-0.1, -0.05) is 0 Å². The van der Waals surface area contributed by atoms with Crippen molar-refractivity contribution in [3.8, 4) is 5.75 Å². The molecule has 1 N–H and O–H groups in total. The van der Waals surface area contributed by atoms with E-state index in [1.54, 1.807) is 13.8 Å². The summed E-state index contributed by atoms with van der Waals surface area (Å²) in [5.74, 6) is -1.74. The minimum Gasteiger partial charge on any atom is -0.507 e. The molecule has 1 aromatic carbocycles. The summed E-state index contributed by atoms with van der Waals surface area (Å²) in [6, 6.07) is 1.41. The van der Waals surface area contributed by atoms with Crippen molar-refractivity contribution in [3.63, 3.8) is 0 Å². The Morgan fingerprint density at radius 3 is 2.00 bits per heavy atom. The zero-order valence-corrected chi connectivity index (χ0v) is 10.2. The number of phenolic OH excluding ortho intramolecular Hbond substituents is 1. The molecule has 17 heavy (non-hydrogen) atoms. The van der Waals surface area contributed by atoms with E-state index in [9.17, 15) is 14.7 Å². The Kier molecular flexibility index (Phi) is 3.73. The van der Waals surface area contributed by atoms with Crippen molar-refractivity contribution < 1.29 is 24.2 Å². The summed E-state index contributed by atoms with van der Waals surface area (Å²) in [6.07, 6.45) is 0. The monoisotopic (exact) mass is 238 g/mol. The van der Waals surface area contributed by atoms with Gasteiger partial charge in [0.1, 0.15) is 11.3 Å². The van der Waals surface area contributed by atoms with E-state index >= 15 is 0 Å². The van der Waals surface area contributed by atoms with Crippen LogP contribution in [0.2, 0.25) is 0 Å². The second-order valence-corrected chi connectivity index (χ2v) is 3.57. The lowest BCUT2D eigenvalue weighted by molar-refractivity contribution is 0.0551. The molecule has 0 radical (unpaired) electrons. The minimum atomic E-state index is -0.772. The van der Waals surface area contributed by atoms with Crippen molar-refractivity contribution in [1.82, 2.24) is 0 Å². The highest BCUT2D eigenvalue weighted by Gasteiger charge is 2.25. The van der Waals surface area contributed by atoms with Crippen molar-refractivity contribution in [2.24, 2.45) is 0 Å². The molecule has 0 heterocycles. The molecular weight excluding hydrogens is 224 g/mol. The standard InChI is InChI=1S/C12H14O5/c1-6-5-8(13)10(12(15)17-4)9(7(6)2)11(14)16-3/h5,13H,1-4H3. The van der Waals surface area contributed by atoms with Crippen LogP contribution in [0.5, 0.6) is 5.75 Å². The summed E-state index contributed by atoms with van der Waals surface area (Å²) in [6.45, 7) is 3.40. The van der Waals surface area contributed by atoms with Gasteiger partial charge in [-0.25, -0.2) is 9.59 Å². The van der Waals surface area contributed by atoms with Crippen LogP contribution in [-0.2, 0) is 9.47 Å². The van der Waals surface area contributed by atoms with Crippen molar-refractivity contribution in [1.29, 1.82) is 0 Å². The number of hydrogen-bond donors (Lipinski definition) is 1. The van der Waals surface area contributed by atoms with E-state index in [4.69, 9.17) is 0 Å². The van der Waals surface area contributed by atoms with Crippen LogP contribution in [0.4, 0.5) is 0 Å². The summed E-state index contributed by atoms with van der Waals surface area (Å²) < 4.78 is 9.15. The third-order valence-electron chi connectivity index (χ3n) is 2.60. The molecule has 0 bridgehead atoms. The van der Waals surface area contributed by atoms with Crippen molar-refractivity contribution in [2.45, 2.75) is 13.8 Å². The van der Waals surface area contributed by atoms with E-state index in [2.05, 4.69) is 9.47 Å². The topological polar surface area (TPSA) is 72.8 Å². The number of carbonyl (C=O) groups excluding carboxylic acids is 2. The Morgan fingerprint density at radius 1 is 1.06 bits per heavy atom. The first kappa shape index (κ1) is 13.0. The highest BCUT2D eigenvalue weighted by molar-refractivity contribution is 6.06. The van der Waals surface area contributed by atoms with Crippen LogP contribution >= 0.6 is 0 Å². The van der Waals surface area contributed by atoms with Crippen LogP contribution in [-0.4, -0.2) is 31.3 Å². The van der Waals surface area contributed by atoms with E-state index in [1.807, 2.05) is 0 Å². The fraction of sp³-hybridized carbons (Fsp3) is 0.333. The Bertz CT molecular complexity index is 476. The third kappa shape index (κ3) is 2.22. The lowest BCUT2D eigenvalue weighted by atomic mass is 9.96. The molecular formula is C12H14O5. The summed E-state index contributed by atoms with van der Waals surface area (Å²) >= 11 is 0. The Labute approximate surface area is 99.0 Å². The summed E-state index contributed by atoms with van der Waals surface area (Å²) in [5.41, 5.74) is 1.14. The van der Waals surface area contributed by atoms with E-state index < -0.39 is 11.9 Å².